The molecule has 116 valence electrons. The van der Waals surface area contributed by atoms with Gasteiger partial charge in [-0.25, -0.2) is 0 Å². The van der Waals surface area contributed by atoms with Gasteiger partial charge < -0.3 is 15.4 Å². The zero-order chi connectivity index (χ0) is 14.4. The molecular weight excluding hydrogens is 335 g/mol. The van der Waals surface area contributed by atoms with Gasteiger partial charge in [0.25, 0.3) is 5.91 Å². The van der Waals surface area contributed by atoms with Crippen molar-refractivity contribution >= 4 is 41.5 Å². The van der Waals surface area contributed by atoms with E-state index in [2.05, 4.69) is 16.7 Å². The molecule has 0 unspecified atom stereocenters. The van der Waals surface area contributed by atoms with Crippen LogP contribution in [-0.2, 0) is 4.79 Å². The lowest BCUT2D eigenvalue weighted by Crippen LogP contribution is -2.32. The Morgan fingerprint density at radius 3 is 2.62 bits per heavy atom. The second kappa shape index (κ2) is 9.15. The number of hydrogen-bond donors (Lipinski definition) is 2. The molecule has 1 amide bonds. The maximum Gasteiger partial charge on any atom is 0.258 e. The van der Waals surface area contributed by atoms with Crippen LogP contribution < -0.4 is 15.4 Å². The summed E-state index contributed by atoms with van der Waals surface area (Å²) >= 11 is 11.7. The van der Waals surface area contributed by atoms with Gasteiger partial charge in [-0.1, -0.05) is 34.9 Å². The molecule has 0 radical (unpaired) electrons. The highest BCUT2D eigenvalue weighted by Gasteiger charge is 2.07. The Bertz CT molecular complexity index is 501. The maximum atomic E-state index is 11.7. The molecule has 2 rings (SSSR count). The third-order valence-corrected chi connectivity index (χ3v) is 3.31. The van der Waals surface area contributed by atoms with E-state index in [0.717, 1.165) is 19.5 Å². The molecule has 0 aliphatic carbocycles. The SMILES string of the molecule is Cl.O=C(COc1cc(Cl)cc(Cl)c1)NCC1=CCNCC1. The first kappa shape index (κ1) is 18.1. The molecule has 1 aliphatic heterocycles. The van der Waals surface area contributed by atoms with Gasteiger partial charge in [-0.3, -0.25) is 4.79 Å². The highest BCUT2D eigenvalue weighted by Crippen LogP contribution is 2.23. The number of ether oxygens (including phenoxy) is 1. The third-order valence-electron chi connectivity index (χ3n) is 2.88. The van der Waals surface area contributed by atoms with Crippen molar-refractivity contribution in [2.75, 3.05) is 26.2 Å². The Kier molecular flexibility index (Phi) is 7.89. The van der Waals surface area contributed by atoms with E-state index in [-0.39, 0.29) is 24.9 Å². The molecule has 0 bridgehead atoms. The molecule has 0 saturated carbocycles. The van der Waals surface area contributed by atoms with Crippen LogP contribution in [0.25, 0.3) is 0 Å². The molecule has 1 aliphatic rings. The zero-order valence-corrected chi connectivity index (χ0v) is 13.7. The van der Waals surface area contributed by atoms with Crippen LogP contribution in [0.15, 0.2) is 29.8 Å². The van der Waals surface area contributed by atoms with Crippen molar-refractivity contribution in [1.82, 2.24) is 10.6 Å². The van der Waals surface area contributed by atoms with Crippen molar-refractivity contribution in [1.29, 1.82) is 0 Å². The van der Waals surface area contributed by atoms with Gasteiger partial charge in [0.05, 0.1) is 0 Å². The van der Waals surface area contributed by atoms with E-state index in [0.29, 0.717) is 22.3 Å². The number of benzene rings is 1. The van der Waals surface area contributed by atoms with Gasteiger partial charge in [-0.15, -0.1) is 12.4 Å². The molecule has 2 N–H and O–H groups in total. The summed E-state index contributed by atoms with van der Waals surface area (Å²) in [5.74, 6) is 0.319. The summed E-state index contributed by atoms with van der Waals surface area (Å²) in [5, 5.41) is 7.01. The van der Waals surface area contributed by atoms with Crippen LogP contribution in [0.2, 0.25) is 10.0 Å². The predicted molar refractivity (Wildman–Crippen MR) is 87.8 cm³/mol. The standard InChI is InChI=1S/C14H16Cl2N2O2.ClH/c15-11-5-12(16)7-13(6-11)20-9-14(19)18-8-10-1-3-17-4-2-10;/h1,5-7,17H,2-4,8-9H2,(H,18,19);1H. The van der Waals surface area contributed by atoms with Crippen molar-refractivity contribution < 1.29 is 9.53 Å². The van der Waals surface area contributed by atoms with Crippen LogP contribution in [0.3, 0.4) is 0 Å². The number of rotatable bonds is 5. The predicted octanol–water partition coefficient (Wildman–Crippen LogP) is 2.83. The number of halogens is 3. The third kappa shape index (κ3) is 6.57. The molecule has 7 heteroatoms. The van der Waals surface area contributed by atoms with Gasteiger partial charge in [0.1, 0.15) is 5.75 Å². The van der Waals surface area contributed by atoms with Crippen LogP contribution in [0.4, 0.5) is 0 Å². The van der Waals surface area contributed by atoms with Gasteiger partial charge in [-0.2, -0.15) is 0 Å². The second-order valence-electron chi connectivity index (χ2n) is 4.49. The van der Waals surface area contributed by atoms with Crippen molar-refractivity contribution in [3.8, 4) is 5.75 Å². The topological polar surface area (TPSA) is 50.4 Å². The Hall–Kier alpha value is -0.940. The van der Waals surface area contributed by atoms with Crippen LogP contribution in [0, 0.1) is 0 Å². The Morgan fingerprint density at radius 1 is 1.29 bits per heavy atom. The van der Waals surface area contributed by atoms with Gasteiger partial charge >= 0.3 is 0 Å². The summed E-state index contributed by atoms with van der Waals surface area (Å²) in [4.78, 5) is 11.7. The fraction of sp³-hybridized carbons (Fsp3) is 0.357. The molecule has 4 nitrogen and oxygen atoms in total. The Morgan fingerprint density at radius 2 is 2.00 bits per heavy atom. The van der Waals surface area contributed by atoms with Gasteiger partial charge in [0.15, 0.2) is 6.61 Å². The second-order valence-corrected chi connectivity index (χ2v) is 5.36. The average molecular weight is 352 g/mol. The lowest BCUT2D eigenvalue weighted by molar-refractivity contribution is -0.122. The van der Waals surface area contributed by atoms with E-state index in [1.807, 2.05) is 0 Å². The van der Waals surface area contributed by atoms with Crippen LogP contribution >= 0.6 is 35.6 Å². The van der Waals surface area contributed by atoms with Crippen LogP contribution in [-0.4, -0.2) is 32.1 Å². The van der Waals surface area contributed by atoms with Gasteiger partial charge in [-0.05, 0) is 31.2 Å². The normalized spacial score (nSPS) is 13.9. The van der Waals surface area contributed by atoms with Crippen molar-refractivity contribution in [3.63, 3.8) is 0 Å². The van der Waals surface area contributed by atoms with Gasteiger partial charge in [0.2, 0.25) is 0 Å². The van der Waals surface area contributed by atoms with E-state index < -0.39 is 0 Å². The van der Waals surface area contributed by atoms with E-state index >= 15 is 0 Å². The summed E-state index contributed by atoms with van der Waals surface area (Å²) in [5.41, 5.74) is 1.24. The average Bonchev–Trinajstić information content (AvgIpc) is 2.43. The zero-order valence-electron chi connectivity index (χ0n) is 11.3. The van der Waals surface area contributed by atoms with Crippen LogP contribution in [0.1, 0.15) is 6.42 Å². The lowest BCUT2D eigenvalue weighted by Gasteiger charge is -2.14. The molecule has 0 fully saturated rings. The van der Waals surface area contributed by atoms with E-state index in [4.69, 9.17) is 27.9 Å². The minimum absolute atomic E-state index is 0. The number of nitrogens with one attached hydrogen (secondary N) is 2. The molecule has 0 atom stereocenters. The first-order chi connectivity index (χ1) is 9.63. The summed E-state index contributed by atoms with van der Waals surface area (Å²) < 4.78 is 5.36. The summed E-state index contributed by atoms with van der Waals surface area (Å²) in [6.07, 6.45) is 3.06. The smallest absolute Gasteiger partial charge is 0.258 e. The first-order valence-corrected chi connectivity index (χ1v) is 7.13. The molecule has 1 aromatic rings. The number of hydrogen-bond acceptors (Lipinski definition) is 3. The van der Waals surface area contributed by atoms with Crippen molar-refractivity contribution in [2.45, 2.75) is 6.42 Å². The number of carbonyl (C=O) groups is 1. The fourth-order valence-corrected chi connectivity index (χ4v) is 2.36. The largest absolute Gasteiger partial charge is 0.484 e. The molecule has 1 aromatic carbocycles. The minimum atomic E-state index is -0.166. The summed E-state index contributed by atoms with van der Waals surface area (Å²) in [6, 6.07) is 4.85. The number of carbonyl (C=O) groups excluding carboxylic acids is 1. The summed E-state index contributed by atoms with van der Waals surface area (Å²) in [6.45, 7) is 2.34. The first-order valence-electron chi connectivity index (χ1n) is 6.38. The highest BCUT2D eigenvalue weighted by atomic mass is 35.5. The van der Waals surface area contributed by atoms with E-state index in [1.54, 1.807) is 18.2 Å². The highest BCUT2D eigenvalue weighted by molar-refractivity contribution is 6.34. The Labute approximate surface area is 140 Å². The maximum absolute atomic E-state index is 11.7. The molecule has 0 aromatic heterocycles. The molecule has 0 spiro atoms. The minimum Gasteiger partial charge on any atom is -0.484 e. The molecule has 0 saturated heterocycles. The monoisotopic (exact) mass is 350 g/mol. The van der Waals surface area contributed by atoms with Crippen LogP contribution in [0.5, 0.6) is 5.75 Å². The van der Waals surface area contributed by atoms with Crippen molar-refractivity contribution in [2.24, 2.45) is 0 Å². The quantitative estimate of drug-likeness (QED) is 0.802. The van der Waals surface area contributed by atoms with Crippen molar-refractivity contribution in [3.05, 3.63) is 39.9 Å². The van der Waals surface area contributed by atoms with Gasteiger partial charge in [0, 0.05) is 23.1 Å². The Balaban J connectivity index is 0.00000220. The van der Waals surface area contributed by atoms with E-state index in [1.165, 1.54) is 5.57 Å². The lowest BCUT2D eigenvalue weighted by atomic mass is 10.1. The molecule has 1 heterocycles. The number of amides is 1. The molecule has 21 heavy (non-hydrogen) atoms. The molecular formula is C14H17Cl3N2O2. The van der Waals surface area contributed by atoms with E-state index in [9.17, 15) is 4.79 Å². The fourth-order valence-electron chi connectivity index (χ4n) is 1.85. The summed E-state index contributed by atoms with van der Waals surface area (Å²) in [7, 11) is 0.